The van der Waals surface area contributed by atoms with Crippen LogP contribution in [0.2, 0.25) is 0 Å². The van der Waals surface area contributed by atoms with Gasteiger partial charge in [-0.25, -0.2) is 9.78 Å². The topological polar surface area (TPSA) is 113 Å². The lowest BCUT2D eigenvalue weighted by atomic mass is 10.0. The number of benzene rings is 1. The summed E-state index contributed by atoms with van der Waals surface area (Å²) in [4.78, 5) is 16.9. The van der Waals surface area contributed by atoms with Crippen molar-refractivity contribution in [3.05, 3.63) is 52.1 Å². The molecule has 0 bridgehead atoms. The molecule has 0 saturated heterocycles. The van der Waals surface area contributed by atoms with Crippen molar-refractivity contribution in [2.75, 3.05) is 19.0 Å². The monoisotopic (exact) mass is 395 g/mol. The number of anilines is 1. The van der Waals surface area contributed by atoms with E-state index in [1.807, 2.05) is 45.3 Å². The maximum Gasteiger partial charge on any atom is 0.404 e. The summed E-state index contributed by atoms with van der Waals surface area (Å²) in [6.07, 6.45) is -0.479. The van der Waals surface area contributed by atoms with Crippen LogP contribution in [0.15, 0.2) is 29.3 Å². The van der Waals surface area contributed by atoms with Crippen molar-refractivity contribution >= 4 is 23.7 Å². The molecule has 8 heteroatoms. The van der Waals surface area contributed by atoms with E-state index in [0.29, 0.717) is 34.1 Å². The highest BCUT2D eigenvalue weighted by atomic mass is 32.2. The van der Waals surface area contributed by atoms with Gasteiger partial charge in [0.1, 0.15) is 23.0 Å². The van der Waals surface area contributed by atoms with E-state index in [4.69, 9.17) is 5.11 Å². The highest BCUT2D eigenvalue weighted by Gasteiger charge is 2.20. The number of hydrogen-bond acceptors (Lipinski definition) is 6. The number of carbonyl (C=O) groups is 1. The molecule has 0 fully saturated rings. The van der Waals surface area contributed by atoms with Crippen LogP contribution >= 0.6 is 11.8 Å². The summed E-state index contributed by atoms with van der Waals surface area (Å²) in [6, 6.07) is 12.0. The molecule has 0 saturated carbocycles. The smallest absolute Gasteiger partial charge is 0.404 e. The molecule has 7 nitrogen and oxygen atoms in total. The standard InChI is InChI=1S/C20H21N5O2S/c1-4-15-16(9-21)18(25(2)3)24-19(17(15)10-22)28-12-14-7-5-13(6-8-14)11-23-20(26)27/h5-8,23H,4,11-12H2,1-3H3,(H,26,27). The van der Waals surface area contributed by atoms with Crippen molar-refractivity contribution < 1.29 is 9.90 Å². The molecule has 0 atom stereocenters. The van der Waals surface area contributed by atoms with Crippen LogP contribution in [0.3, 0.4) is 0 Å². The minimum absolute atomic E-state index is 0.255. The maximum absolute atomic E-state index is 10.6. The molecule has 2 aromatic rings. The van der Waals surface area contributed by atoms with Crippen LogP contribution in [-0.4, -0.2) is 30.3 Å². The van der Waals surface area contributed by atoms with Gasteiger partial charge < -0.3 is 15.3 Å². The second-order valence-corrected chi connectivity index (χ2v) is 7.17. The number of aromatic nitrogens is 1. The van der Waals surface area contributed by atoms with Crippen molar-refractivity contribution in [1.29, 1.82) is 10.5 Å². The first kappa shape index (κ1) is 21.1. The molecule has 0 unspecified atom stereocenters. The summed E-state index contributed by atoms with van der Waals surface area (Å²) >= 11 is 1.45. The number of nitrogens with zero attached hydrogens (tertiary/aromatic N) is 4. The summed E-state index contributed by atoms with van der Waals surface area (Å²) in [7, 11) is 3.65. The lowest BCUT2D eigenvalue weighted by Gasteiger charge is -2.18. The molecule has 1 aromatic heterocycles. The molecule has 0 aliphatic rings. The highest BCUT2D eigenvalue weighted by Crippen LogP contribution is 2.32. The van der Waals surface area contributed by atoms with Gasteiger partial charge in [-0.15, -0.1) is 11.8 Å². The first-order chi connectivity index (χ1) is 13.4. The molecule has 1 aromatic carbocycles. The highest BCUT2D eigenvalue weighted by molar-refractivity contribution is 7.98. The SMILES string of the molecule is CCc1c(C#N)c(SCc2ccc(CNC(=O)O)cc2)nc(N(C)C)c1C#N. The van der Waals surface area contributed by atoms with E-state index in [1.165, 1.54) is 11.8 Å². The third-order valence-corrected chi connectivity index (χ3v) is 5.14. The minimum atomic E-state index is -1.06. The van der Waals surface area contributed by atoms with Crippen LogP contribution in [0.25, 0.3) is 0 Å². The fraction of sp³-hybridized carbons (Fsp3) is 0.300. The van der Waals surface area contributed by atoms with Crippen LogP contribution in [0.1, 0.15) is 34.7 Å². The first-order valence-electron chi connectivity index (χ1n) is 8.63. The van der Waals surface area contributed by atoms with Gasteiger partial charge in [0.2, 0.25) is 0 Å². The molecule has 2 N–H and O–H groups in total. The molecule has 0 aliphatic heterocycles. The molecule has 0 spiro atoms. The van der Waals surface area contributed by atoms with Crippen molar-refractivity contribution in [2.45, 2.75) is 30.7 Å². The molecular weight excluding hydrogens is 374 g/mol. The van der Waals surface area contributed by atoms with E-state index in [9.17, 15) is 15.3 Å². The zero-order valence-electron chi connectivity index (χ0n) is 16.0. The van der Waals surface area contributed by atoms with E-state index in [1.54, 1.807) is 4.90 Å². The van der Waals surface area contributed by atoms with E-state index in [0.717, 1.165) is 16.7 Å². The number of carboxylic acid groups (broad SMARTS) is 1. The van der Waals surface area contributed by atoms with Crippen molar-refractivity contribution in [1.82, 2.24) is 10.3 Å². The van der Waals surface area contributed by atoms with E-state index in [2.05, 4.69) is 22.4 Å². The maximum atomic E-state index is 10.6. The van der Waals surface area contributed by atoms with Gasteiger partial charge in [0.15, 0.2) is 0 Å². The Morgan fingerprint density at radius 1 is 1.18 bits per heavy atom. The Kier molecular flexibility index (Phi) is 7.25. The number of amides is 1. The minimum Gasteiger partial charge on any atom is -0.465 e. The first-order valence-corrected chi connectivity index (χ1v) is 9.61. The summed E-state index contributed by atoms with van der Waals surface area (Å²) in [5.74, 6) is 1.17. The Morgan fingerprint density at radius 2 is 1.79 bits per heavy atom. The van der Waals surface area contributed by atoms with Crippen LogP contribution in [0.5, 0.6) is 0 Å². The van der Waals surface area contributed by atoms with Crippen molar-refractivity contribution in [3.8, 4) is 12.1 Å². The Balaban J connectivity index is 2.26. The summed E-state index contributed by atoms with van der Waals surface area (Å²) in [6.45, 7) is 2.18. The quantitative estimate of drug-likeness (QED) is 0.690. The van der Waals surface area contributed by atoms with Crippen LogP contribution in [-0.2, 0) is 18.7 Å². The molecule has 1 heterocycles. The molecule has 0 aliphatic carbocycles. The normalized spacial score (nSPS) is 10.0. The molecular formula is C20H21N5O2S. The number of nitrogens with one attached hydrogen (secondary N) is 1. The molecule has 1 amide bonds. The number of hydrogen-bond donors (Lipinski definition) is 2. The van der Waals surface area contributed by atoms with Gasteiger partial charge in [0.25, 0.3) is 0 Å². The third kappa shape index (κ3) is 4.93. The third-order valence-electron chi connectivity index (χ3n) is 4.09. The van der Waals surface area contributed by atoms with Gasteiger partial charge in [-0.2, -0.15) is 10.5 Å². The lowest BCUT2D eigenvalue weighted by molar-refractivity contribution is 0.194. The number of thioether (sulfide) groups is 1. The Bertz CT molecular complexity index is 943. The van der Waals surface area contributed by atoms with Gasteiger partial charge in [-0.1, -0.05) is 31.2 Å². The van der Waals surface area contributed by atoms with Crippen LogP contribution in [0, 0.1) is 22.7 Å². The fourth-order valence-electron chi connectivity index (χ4n) is 2.69. The Hall–Kier alpha value is -3.23. The average molecular weight is 395 g/mol. The average Bonchev–Trinajstić information content (AvgIpc) is 2.69. The van der Waals surface area contributed by atoms with Gasteiger partial charge in [-0.3, -0.25) is 0 Å². The summed E-state index contributed by atoms with van der Waals surface area (Å²) < 4.78 is 0. The number of rotatable bonds is 7. The van der Waals surface area contributed by atoms with Gasteiger partial charge >= 0.3 is 6.09 Å². The molecule has 144 valence electrons. The van der Waals surface area contributed by atoms with Gasteiger partial charge in [0.05, 0.1) is 11.1 Å². The Labute approximate surface area is 168 Å². The molecule has 0 radical (unpaired) electrons. The lowest BCUT2D eigenvalue weighted by Crippen LogP contribution is -2.19. The van der Waals surface area contributed by atoms with Crippen LogP contribution in [0.4, 0.5) is 10.6 Å². The summed E-state index contributed by atoms with van der Waals surface area (Å²) in [5, 5.41) is 30.8. The Morgan fingerprint density at radius 3 is 2.29 bits per heavy atom. The predicted octanol–water partition coefficient (Wildman–Crippen LogP) is 3.51. The fourth-order valence-corrected chi connectivity index (χ4v) is 3.65. The molecule has 28 heavy (non-hydrogen) atoms. The van der Waals surface area contributed by atoms with E-state index >= 15 is 0 Å². The zero-order valence-corrected chi connectivity index (χ0v) is 16.8. The van der Waals surface area contributed by atoms with Gasteiger partial charge in [-0.05, 0) is 23.1 Å². The number of nitriles is 2. The van der Waals surface area contributed by atoms with E-state index in [-0.39, 0.29) is 6.54 Å². The van der Waals surface area contributed by atoms with Crippen LogP contribution < -0.4 is 10.2 Å². The largest absolute Gasteiger partial charge is 0.465 e. The van der Waals surface area contributed by atoms with Gasteiger partial charge in [0, 0.05) is 26.4 Å². The number of pyridine rings is 1. The predicted molar refractivity (Wildman–Crippen MR) is 108 cm³/mol. The molecule has 2 rings (SSSR count). The second kappa shape index (κ2) is 9.63. The summed E-state index contributed by atoms with van der Waals surface area (Å²) in [5.41, 5.74) is 3.53. The zero-order chi connectivity index (χ0) is 20.7. The van der Waals surface area contributed by atoms with E-state index < -0.39 is 6.09 Å². The van der Waals surface area contributed by atoms with Crippen molar-refractivity contribution in [2.24, 2.45) is 0 Å². The second-order valence-electron chi connectivity index (χ2n) is 6.20. The van der Waals surface area contributed by atoms with Crippen molar-refractivity contribution in [3.63, 3.8) is 0 Å².